The molecule has 0 bridgehead atoms. The van der Waals surface area contributed by atoms with Crippen LogP contribution in [0.15, 0.2) is 12.7 Å². The van der Waals surface area contributed by atoms with Gasteiger partial charge in [0.15, 0.2) is 0 Å². The van der Waals surface area contributed by atoms with Crippen LogP contribution in [0.25, 0.3) is 0 Å². The van der Waals surface area contributed by atoms with Gasteiger partial charge in [-0.2, -0.15) is 0 Å². The Morgan fingerprint density at radius 3 is 0.722 bits per heavy atom. The molecule has 0 nitrogen and oxygen atoms in total. The Kier molecular flexibility index (Phi) is 32.5. The van der Waals surface area contributed by atoms with Gasteiger partial charge in [0.2, 0.25) is 0 Å². The lowest BCUT2D eigenvalue weighted by Crippen LogP contribution is -1.97. The number of hydrogen-bond donors (Lipinski definition) is 0. The van der Waals surface area contributed by atoms with Crippen LogP contribution in [0.1, 0.15) is 213 Å². The van der Waals surface area contributed by atoms with E-state index in [0.717, 1.165) is 5.92 Å². The van der Waals surface area contributed by atoms with Crippen LogP contribution in [-0.2, 0) is 0 Å². The maximum Gasteiger partial charge on any atom is -0.0236 e. The Morgan fingerprint density at radius 1 is 0.333 bits per heavy atom. The average molecular weight is 505 g/mol. The van der Waals surface area contributed by atoms with Gasteiger partial charge in [-0.05, 0) is 18.8 Å². The molecule has 0 rings (SSSR count). The summed E-state index contributed by atoms with van der Waals surface area (Å²) >= 11 is 0. The molecule has 0 heteroatoms. The second-order valence-electron chi connectivity index (χ2n) is 12.1. The van der Waals surface area contributed by atoms with Crippen LogP contribution in [-0.4, -0.2) is 0 Å². The number of unbranched alkanes of at least 4 members (excludes halogenated alkanes) is 27. The molecule has 0 amide bonds. The van der Waals surface area contributed by atoms with Crippen molar-refractivity contribution in [3.8, 4) is 0 Å². The minimum atomic E-state index is 0.782. The van der Waals surface area contributed by atoms with E-state index in [-0.39, 0.29) is 0 Å². The smallest absolute Gasteiger partial charge is 0.0236 e. The standard InChI is InChI=1S/C36H72/c1-4-7-9-11-13-15-17-19-21-23-25-27-29-31-33-35-36(6-3)34-32-30-28-26-24-22-20-18-16-14-12-10-8-5-2/h6,36H,3-5,7-35H2,1-2H3. The molecule has 0 aromatic rings. The Labute approximate surface area is 231 Å². The normalized spacial score (nSPS) is 12.3. The molecule has 0 saturated carbocycles. The molecule has 0 aliphatic carbocycles. The lowest BCUT2D eigenvalue weighted by atomic mass is 9.94. The fraction of sp³-hybridized carbons (Fsp3) is 0.944. The van der Waals surface area contributed by atoms with E-state index in [9.17, 15) is 0 Å². The van der Waals surface area contributed by atoms with Crippen molar-refractivity contribution < 1.29 is 0 Å². The molecule has 0 aromatic carbocycles. The summed E-state index contributed by atoms with van der Waals surface area (Å²) in [4.78, 5) is 0. The van der Waals surface area contributed by atoms with Crippen molar-refractivity contribution in [2.75, 3.05) is 0 Å². The maximum absolute atomic E-state index is 4.13. The van der Waals surface area contributed by atoms with Gasteiger partial charge in [0, 0.05) is 0 Å². The van der Waals surface area contributed by atoms with Crippen LogP contribution < -0.4 is 0 Å². The van der Waals surface area contributed by atoms with Crippen LogP contribution >= 0.6 is 0 Å². The minimum Gasteiger partial charge on any atom is -0.103 e. The van der Waals surface area contributed by atoms with E-state index in [0.29, 0.717) is 0 Å². The summed E-state index contributed by atoms with van der Waals surface area (Å²) < 4.78 is 0. The van der Waals surface area contributed by atoms with Crippen molar-refractivity contribution in [3.63, 3.8) is 0 Å². The van der Waals surface area contributed by atoms with Crippen molar-refractivity contribution >= 4 is 0 Å². The van der Waals surface area contributed by atoms with Crippen LogP contribution in [0.2, 0.25) is 0 Å². The summed E-state index contributed by atoms with van der Waals surface area (Å²) in [6.07, 6.45) is 47.3. The Balaban J connectivity index is 3.26. The zero-order chi connectivity index (χ0) is 26.2. The summed E-state index contributed by atoms with van der Waals surface area (Å²) in [5.41, 5.74) is 0. The van der Waals surface area contributed by atoms with Crippen LogP contribution in [0.3, 0.4) is 0 Å². The first-order valence-electron chi connectivity index (χ1n) is 17.5. The van der Waals surface area contributed by atoms with Crippen molar-refractivity contribution in [2.45, 2.75) is 213 Å². The Morgan fingerprint density at radius 2 is 0.528 bits per heavy atom. The van der Waals surface area contributed by atoms with Crippen molar-refractivity contribution in [3.05, 3.63) is 12.7 Å². The predicted octanol–water partition coefficient (Wildman–Crippen LogP) is 13.9. The predicted molar refractivity (Wildman–Crippen MR) is 168 cm³/mol. The molecule has 1 atom stereocenters. The van der Waals surface area contributed by atoms with Crippen molar-refractivity contribution in [2.24, 2.45) is 5.92 Å². The summed E-state index contributed by atoms with van der Waals surface area (Å²) in [7, 11) is 0. The molecule has 36 heavy (non-hydrogen) atoms. The first-order valence-corrected chi connectivity index (χ1v) is 17.5. The summed E-state index contributed by atoms with van der Waals surface area (Å²) in [6.45, 7) is 8.74. The lowest BCUT2D eigenvalue weighted by molar-refractivity contribution is 0.461. The van der Waals surface area contributed by atoms with E-state index >= 15 is 0 Å². The Hall–Kier alpha value is -0.260. The summed E-state index contributed by atoms with van der Waals surface area (Å²) in [5, 5.41) is 0. The van der Waals surface area contributed by atoms with E-state index in [1.165, 1.54) is 199 Å². The molecule has 216 valence electrons. The van der Waals surface area contributed by atoms with Gasteiger partial charge in [-0.25, -0.2) is 0 Å². The molecule has 0 heterocycles. The van der Waals surface area contributed by atoms with Gasteiger partial charge in [0.1, 0.15) is 0 Å². The van der Waals surface area contributed by atoms with E-state index in [2.05, 4.69) is 26.5 Å². The topological polar surface area (TPSA) is 0 Å². The maximum atomic E-state index is 4.13. The molecule has 1 unspecified atom stereocenters. The van der Waals surface area contributed by atoms with E-state index < -0.39 is 0 Å². The molecule has 0 radical (unpaired) electrons. The fourth-order valence-corrected chi connectivity index (χ4v) is 5.76. The highest BCUT2D eigenvalue weighted by molar-refractivity contribution is 4.78. The largest absolute Gasteiger partial charge is 0.103 e. The molecule has 0 spiro atoms. The second kappa shape index (κ2) is 32.8. The van der Waals surface area contributed by atoms with Gasteiger partial charge in [-0.1, -0.05) is 206 Å². The molecular weight excluding hydrogens is 432 g/mol. The van der Waals surface area contributed by atoms with Crippen molar-refractivity contribution in [1.82, 2.24) is 0 Å². The highest BCUT2D eigenvalue weighted by atomic mass is 14.1. The summed E-state index contributed by atoms with van der Waals surface area (Å²) in [6, 6.07) is 0. The first kappa shape index (κ1) is 35.7. The third kappa shape index (κ3) is 30.0. The zero-order valence-electron chi connectivity index (χ0n) is 25.8. The molecule has 0 saturated heterocycles. The third-order valence-corrected chi connectivity index (χ3v) is 8.44. The van der Waals surface area contributed by atoms with E-state index in [1.54, 1.807) is 0 Å². The second-order valence-corrected chi connectivity index (χ2v) is 12.1. The quantitative estimate of drug-likeness (QED) is 0.0631. The highest BCUT2D eigenvalue weighted by Gasteiger charge is 2.04. The minimum absolute atomic E-state index is 0.782. The average Bonchev–Trinajstić information content (AvgIpc) is 2.89. The van der Waals surface area contributed by atoms with Gasteiger partial charge < -0.3 is 0 Å². The molecular formula is C36H72. The molecule has 0 N–H and O–H groups in total. The summed E-state index contributed by atoms with van der Waals surface area (Å²) in [5.74, 6) is 0.782. The van der Waals surface area contributed by atoms with Crippen molar-refractivity contribution in [1.29, 1.82) is 0 Å². The molecule has 0 aliphatic rings. The zero-order valence-corrected chi connectivity index (χ0v) is 25.8. The van der Waals surface area contributed by atoms with Gasteiger partial charge in [0.05, 0.1) is 0 Å². The number of hydrogen-bond acceptors (Lipinski definition) is 0. The number of allylic oxidation sites excluding steroid dienone is 1. The van der Waals surface area contributed by atoms with Crippen LogP contribution in [0.4, 0.5) is 0 Å². The monoisotopic (exact) mass is 505 g/mol. The number of rotatable bonds is 32. The molecule has 0 aromatic heterocycles. The molecule has 0 aliphatic heterocycles. The van der Waals surface area contributed by atoms with Crippen LogP contribution in [0, 0.1) is 5.92 Å². The van der Waals surface area contributed by atoms with Gasteiger partial charge in [-0.3, -0.25) is 0 Å². The fourth-order valence-electron chi connectivity index (χ4n) is 5.76. The van der Waals surface area contributed by atoms with E-state index in [1.807, 2.05) is 0 Å². The van der Waals surface area contributed by atoms with E-state index in [4.69, 9.17) is 0 Å². The molecule has 0 fully saturated rings. The third-order valence-electron chi connectivity index (χ3n) is 8.44. The first-order chi connectivity index (χ1) is 17.8. The highest BCUT2D eigenvalue weighted by Crippen LogP contribution is 2.21. The van der Waals surface area contributed by atoms with Gasteiger partial charge in [-0.15, -0.1) is 6.58 Å². The van der Waals surface area contributed by atoms with Gasteiger partial charge >= 0.3 is 0 Å². The van der Waals surface area contributed by atoms with Crippen LogP contribution in [0.5, 0.6) is 0 Å². The SMILES string of the molecule is C=CC(CCCCCCCCCCCCCCCC)CCCCCCCCCCCCCCCCC. The van der Waals surface area contributed by atoms with Gasteiger partial charge in [0.25, 0.3) is 0 Å². The Bertz CT molecular complexity index is 383. The lowest BCUT2D eigenvalue weighted by Gasteiger charge is -2.12.